The molecule has 94 valence electrons. The summed E-state index contributed by atoms with van der Waals surface area (Å²) in [7, 11) is 0. The summed E-state index contributed by atoms with van der Waals surface area (Å²) < 4.78 is 0. The lowest BCUT2D eigenvalue weighted by molar-refractivity contribution is -0.140. The van der Waals surface area contributed by atoms with Crippen LogP contribution in [-0.2, 0) is 14.4 Å². The van der Waals surface area contributed by atoms with Crippen LogP contribution >= 0.6 is 0 Å². The van der Waals surface area contributed by atoms with Crippen molar-refractivity contribution in [1.29, 1.82) is 0 Å². The summed E-state index contributed by atoms with van der Waals surface area (Å²) in [6.07, 6.45) is 3.34. The number of nitrogens with zero attached hydrogens (tertiary/aromatic N) is 1. The summed E-state index contributed by atoms with van der Waals surface area (Å²) >= 11 is 0. The average Bonchev–Trinajstić information content (AvgIpc) is 2.88. The highest BCUT2D eigenvalue weighted by Gasteiger charge is 2.49. The van der Waals surface area contributed by atoms with Crippen molar-refractivity contribution in [2.45, 2.75) is 32.1 Å². The van der Waals surface area contributed by atoms with Gasteiger partial charge in [0.2, 0.25) is 17.7 Å². The SMILES string of the molecule is NNC(=O)CCCN1C(=O)C2CCCC2C1=O. The third-order valence-corrected chi connectivity index (χ3v) is 3.63. The Morgan fingerprint density at radius 2 is 1.88 bits per heavy atom. The van der Waals surface area contributed by atoms with Crippen molar-refractivity contribution >= 4 is 17.7 Å². The smallest absolute Gasteiger partial charge is 0.233 e. The summed E-state index contributed by atoms with van der Waals surface area (Å²) in [4.78, 5) is 36.1. The Morgan fingerprint density at radius 3 is 2.41 bits per heavy atom. The Balaban J connectivity index is 1.87. The molecule has 1 heterocycles. The Kier molecular flexibility index (Phi) is 3.42. The van der Waals surface area contributed by atoms with E-state index in [4.69, 9.17) is 5.84 Å². The molecule has 1 aliphatic carbocycles. The van der Waals surface area contributed by atoms with E-state index in [-0.39, 0.29) is 36.0 Å². The maximum absolute atomic E-state index is 11.9. The standard InChI is InChI=1S/C11H17N3O3/c12-13-9(15)5-2-6-14-10(16)7-3-1-4-8(7)11(14)17/h7-8H,1-6,12H2,(H,13,15). The molecule has 1 saturated heterocycles. The second-order valence-corrected chi connectivity index (χ2v) is 4.64. The highest BCUT2D eigenvalue weighted by atomic mass is 16.2. The fourth-order valence-corrected chi connectivity index (χ4v) is 2.75. The number of hydrogen-bond acceptors (Lipinski definition) is 4. The number of nitrogens with two attached hydrogens (primary N) is 1. The first-order chi connectivity index (χ1) is 8.15. The fourth-order valence-electron chi connectivity index (χ4n) is 2.75. The van der Waals surface area contributed by atoms with Crippen molar-refractivity contribution in [2.24, 2.45) is 17.7 Å². The third kappa shape index (κ3) is 2.17. The van der Waals surface area contributed by atoms with Gasteiger partial charge in [-0.15, -0.1) is 0 Å². The van der Waals surface area contributed by atoms with Crippen LogP contribution in [0.1, 0.15) is 32.1 Å². The van der Waals surface area contributed by atoms with E-state index < -0.39 is 0 Å². The zero-order valence-corrected chi connectivity index (χ0v) is 9.65. The number of nitrogens with one attached hydrogen (secondary N) is 1. The number of rotatable bonds is 4. The lowest BCUT2D eigenvalue weighted by atomic mass is 10.00. The molecule has 2 unspecified atom stereocenters. The predicted octanol–water partition coefficient (Wildman–Crippen LogP) is -0.458. The minimum Gasteiger partial charge on any atom is -0.294 e. The number of carbonyl (C=O) groups excluding carboxylic acids is 3. The number of carbonyl (C=O) groups is 3. The third-order valence-electron chi connectivity index (χ3n) is 3.63. The van der Waals surface area contributed by atoms with Crippen molar-refractivity contribution in [1.82, 2.24) is 10.3 Å². The van der Waals surface area contributed by atoms with Crippen LogP contribution in [-0.4, -0.2) is 29.2 Å². The number of amides is 3. The molecule has 6 heteroatoms. The second kappa shape index (κ2) is 4.83. The first-order valence-corrected chi connectivity index (χ1v) is 6.00. The number of hydrogen-bond donors (Lipinski definition) is 2. The van der Waals surface area contributed by atoms with Crippen molar-refractivity contribution in [3.8, 4) is 0 Å². The van der Waals surface area contributed by atoms with Crippen LogP contribution in [0.25, 0.3) is 0 Å². The Morgan fingerprint density at radius 1 is 1.29 bits per heavy atom. The van der Waals surface area contributed by atoms with Gasteiger partial charge in [-0.2, -0.15) is 0 Å². The van der Waals surface area contributed by atoms with Crippen LogP contribution in [0.3, 0.4) is 0 Å². The average molecular weight is 239 g/mol. The lowest BCUT2D eigenvalue weighted by Crippen LogP contribution is -2.34. The maximum Gasteiger partial charge on any atom is 0.233 e. The molecule has 2 atom stereocenters. The Hall–Kier alpha value is -1.43. The summed E-state index contributed by atoms with van der Waals surface area (Å²) in [5, 5.41) is 0. The van der Waals surface area contributed by atoms with Gasteiger partial charge in [0, 0.05) is 13.0 Å². The highest BCUT2D eigenvalue weighted by molar-refractivity contribution is 6.05. The lowest BCUT2D eigenvalue weighted by Gasteiger charge is -2.15. The zero-order valence-electron chi connectivity index (χ0n) is 9.65. The molecule has 6 nitrogen and oxygen atoms in total. The fraction of sp³-hybridized carbons (Fsp3) is 0.727. The van der Waals surface area contributed by atoms with Gasteiger partial charge in [0.15, 0.2) is 0 Å². The summed E-state index contributed by atoms with van der Waals surface area (Å²) in [6.45, 7) is 0.331. The molecular weight excluding hydrogens is 222 g/mol. The molecule has 0 radical (unpaired) electrons. The molecule has 3 N–H and O–H groups in total. The van der Waals surface area contributed by atoms with Crippen LogP contribution in [0.4, 0.5) is 0 Å². The van der Waals surface area contributed by atoms with Crippen molar-refractivity contribution in [3.05, 3.63) is 0 Å². The molecule has 1 saturated carbocycles. The first kappa shape index (κ1) is 12.0. The molecule has 2 fully saturated rings. The van der Waals surface area contributed by atoms with Crippen LogP contribution in [0, 0.1) is 11.8 Å². The van der Waals surface area contributed by atoms with Crippen LogP contribution in [0.2, 0.25) is 0 Å². The second-order valence-electron chi connectivity index (χ2n) is 4.64. The topological polar surface area (TPSA) is 92.5 Å². The largest absolute Gasteiger partial charge is 0.294 e. The summed E-state index contributed by atoms with van der Waals surface area (Å²) in [6, 6.07) is 0. The highest BCUT2D eigenvalue weighted by Crippen LogP contribution is 2.39. The van der Waals surface area contributed by atoms with Crippen LogP contribution in [0.15, 0.2) is 0 Å². The van der Waals surface area contributed by atoms with E-state index in [2.05, 4.69) is 0 Å². The number of imide groups is 1. The molecule has 0 aromatic carbocycles. The van der Waals surface area contributed by atoms with Crippen molar-refractivity contribution in [3.63, 3.8) is 0 Å². The normalized spacial score (nSPS) is 27.5. The molecule has 2 rings (SSSR count). The van der Waals surface area contributed by atoms with Gasteiger partial charge in [-0.1, -0.05) is 6.42 Å². The molecule has 3 amide bonds. The number of fused-ring (bicyclic) bond motifs is 1. The van der Waals surface area contributed by atoms with Gasteiger partial charge < -0.3 is 0 Å². The molecule has 17 heavy (non-hydrogen) atoms. The molecule has 0 spiro atoms. The molecule has 0 aromatic rings. The van der Waals surface area contributed by atoms with Gasteiger partial charge in [0.05, 0.1) is 11.8 Å². The van der Waals surface area contributed by atoms with E-state index in [0.29, 0.717) is 13.0 Å². The zero-order chi connectivity index (χ0) is 12.4. The van der Waals surface area contributed by atoms with E-state index >= 15 is 0 Å². The molecule has 2 aliphatic rings. The molecule has 0 aromatic heterocycles. The monoisotopic (exact) mass is 239 g/mol. The minimum atomic E-state index is -0.274. The number of hydrazine groups is 1. The molecular formula is C11H17N3O3. The Labute approximate surface area is 99.5 Å². The van der Waals surface area contributed by atoms with E-state index in [1.165, 1.54) is 4.90 Å². The van der Waals surface area contributed by atoms with Crippen molar-refractivity contribution < 1.29 is 14.4 Å². The van der Waals surface area contributed by atoms with Crippen molar-refractivity contribution in [2.75, 3.05) is 6.54 Å². The van der Waals surface area contributed by atoms with E-state index in [0.717, 1.165) is 19.3 Å². The van der Waals surface area contributed by atoms with Gasteiger partial charge in [0.25, 0.3) is 0 Å². The minimum absolute atomic E-state index is 0.0503. The quantitative estimate of drug-likeness (QED) is 0.300. The Bertz CT molecular complexity index is 334. The van der Waals surface area contributed by atoms with Gasteiger partial charge >= 0.3 is 0 Å². The van der Waals surface area contributed by atoms with Crippen LogP contribution < -0.4 is 11.3 Å². The summed E-state index contributed by atoms with van der Waals surface area (Å²) in [5.74, 6) is 4.39. The van der Waals surface area contributed by atoms with E-state index in [1.54, 1.807) is 0 Å². The first-order valence-electron chi connectivity index (χ1n) is 6.00. The number of likely N-dealkylation sites (tertiary alicyclic amines) is 1. The van der Waals surface area contributed by atoms with E-state index in [9.17, 15) is 14.4 Å². The molecule has 0 bridgehead atoms. The van der Waals surface area contributed by atoms with E-state index in [1.807, 2.05) is 5.43 Å². The van der Waals surface area contributed by atoms with Gasteiger partial charge in [0.1, 0.15) is 0 Å². The van der Waals surface area contributed by atoms with Gasteiger partial charge in [-0.05, 0) is 19.3 Å². The molecule has 1 aliphatic heterocycles. The predicted molar refractivity (Wildman–Crippen MR) is 59.1 cm³/mol. The van der Waals surface area contributed by atoms with Gasteiger partial charge in [-0.25, -0.2) is 5.84 Å². The summed E-state index contributed by atoms with van der Waals surface area (Å²) in [5.41, 5.74) is 2.03. The maximum atomic E-state index is 11.9. The van der Waals surface area contributed by atoms with Crippen LogP contribution in [0.5, 0.6) is 0 Å². The van der Waals surface area contributed by atoms with Gasteiger partial charge in [-0.3, -0.25) is 24.7 Å².